The molecule has 2 amide bonds. The van der Waals surface area contributed by atoms with Crippen LogP contribution in [0.15, 0.2) is 30.5 Å². The Hall–Kier alpha value is -3.95. The quantitative estimate of drug-likeness (QED) is 0.472. The van der Waals surface area contributed by atoms with E-state index < -0.39 is 18.0 Å². The zero-order valence-corrected chi connectivity index (χ0v) is 21.2. The number of carbonyl (C=O) groups is 2. The van der Waals surface area contributed by atoms with Gasteiger partial charge < -0.3 is 14.4 Å². The molecular formula is C26H23F2N5O4S. The van der Waals surface area contributed by atoms with Crippen molar-refractivity contribution in [3.05, 3.63) is 52.3 Å². The van der Waals surface area contributed by atoms with Gasteiger partial charge in [-0.25, -0.2) is 8.78 Å². The summed E-state index contributed by atoms with van der Waals surface area (Å²) in [5.74, 6) is 5.81. The number of anilines is 1. The van der Waals surface area contributed by atoms with Crippen LogP contribution in [0, 0.1) is 17.8 Å². The number of nitrogens with zero attached hydrogens (tertiary/aromatic N) is 4. The van der Waals surface area contributed by atoms with Gasteiger partial charge in [0.25, 0.3) is 18.2 Å². The normalized spacial score (nSPS) is 15.1. The number of aromatic nitrogens is 3. The molecule has 2 aliphatic rings. The average Bonchev–Trinajstić information content (AvgIpc) is 3.68. The van der Waals surface area contributed by atoms with Crippen molar-refractivity contribution in [1.82, 2.24) is 20.1 Å². The molecule has 1 aliphatic carbocycles. The van der Waals surface area contributed by atoms with E-state index in [1.807, 2.05) is 0 Å². The largest absolute Gasteiger partial charge is 0.494 e. The number of pyridine rings is 1. The summed E-state index contributed by atoms with van der Waals surface area (Å²) in [7, 11) is 1.37. The van der Waals surface area contributed by atoms with Crippen LogP contribution in [-0.4, -0.2) is 65.3 Å². The Bertz CT molecular complexity index is 1420. The SMILES string of the molecule is COc1cnc(C(F)F)cc1-c1cc(C(=O)N2CCOCC2)ccc1C(=O)Nc1nnc(C#CC2CC2)s1. The molecular weight excluding hydrogens is 516 g/mol. The van der Waals surface area contributed by atoms with Crippen molar-refractivity contribution < 1.29 is 27.8 Å². The minimum absolute atomic E-state index is 0.133. The number of hydrogen-bond acceptors (Lipinski definition) is 8. The topological polar surface area (TPSA) is 107 Å². The van der Waals surface area contributed by atoms with Crippen LogP contribution in [0.5, 0.6) is 5.75 Å². The second-order valence-corrected chi connectivity index (χ2v) is 9.66. The lowest BCUT2D eigenvalue weighted by Crippen LogP contribution is -2.40. The molecule has 5 rings (SSSR count). The van der Waals surface area contributed by atoms with E-state index in [4.69, 9.17) is 9.47 Å². The van der Waals surface area contributed by atoms with Gasteiger partial charge in [0.2, 0.25) is 5.13 Å². The Balaban J connectivity index is 1.52. The third kappa shape index (κ3) is 5.79. The molecule has 12 heteroatoms. The Morgan fingerprint density at radius 2 is 1.97 bits per heavy atom. The van der Waals surface area contributed by atoms with Crippen LogP contribution < -0.4 is 10.1 Å². The van der Waals surface area contributed by atoms with Crippen molar-refractivity contribution in [1.29, 1.82) is 0 Å². The molecule has 0 atom stereocenters. The third-order valence-corrected chi connectivity index (χ3v) is 6.79. The standard InChI is InChI=1S/C26H23F2N5O4S/c1-36-21-14-29-20(23(27)28)13-19(21)18-12-16(25(35)33-8-10-37-11-9-33)5-6-17(18)24(34)30-26-32-31-22(38-26)7-4-15-2-3-15/h5-6,12-15,23H,2-3,8-11H2,1H3,(H,30,32,34). The minimum Gasteiger partial charge on any atom is -0.494 e. The van der Waals surface area contributed by atoms with E-state index >= 15 is 0 Å². The lowest BCUT2D eigenvalue weighted by molar-refractivity contribution is 0.0303. The minimum atomic E-state index is -2.84. The summed E-state index contributed by atoms with van der Waals surface area (Å²) in [5, 5.41) is 11.4. The van der Waals surface area contributed by atoms with Crippen LogP contribution in [-0.2, 0) is 4.74 Å². The lowest BCUT2D eigenvalue weighted by atomic mass is 9.95. The number of ether oxygens (including phenoxy) is 2. The zero-order valence-electron chi connectivity index (χ0n) is 20.4. The molecule has 0 bridgehead atoms. The van der Waals surface area contributed by atoms with Gasteiger partial charge in [0.15, 0.2) is 5.01 Å². The molecule has 196 valence electrons. The molecule has 0 unspecified atom stereocenters. The Morgan fingerprint density at radius 3 is 2.68 bits per heavy atom. The molecule has 3 aromatic rings. The predicted octanol–water partition coefficient (Wildman–Crippen LogP) is 4.03. The molecule has 1 aliphatic heterocycles. The van der Waals surface area contributed by atoms with Crippen LogP contribution in [0.1, 0.15) is 50.7 Å². The number of alkyl halides is 2. The summed E-state index contributed by atoms with van der Waals surface area (Å²) >= 11 is 1.13. The summed E-state index contributed by atoms with van der Waals surface area (Å²) in [6.45, 7) is 1.69. The number of methoxy groups -OCH3 is 1. The Labute approximate surface area is 221 Å². The Kier molecular flexibility index (Phi) is 7.57. The Morgan fingerprint density at radius 1 is 1.18 bits per heavy atom. The van der Waals surface area contributed by atoms with Gasteiger partial charge in [0.05, 0.1) is 26.5 Å². The first-order chi connectivity index (χ1) is 18.4. The molecule has 38 heavy (non-hydrogen) atoms. The smallest absolute Gasteiger partial charge is 0.280 e. The fourth-order valence-electron chi connectivity index (χ4n) is 3.88. The molecule has 0 spiro atoms. The summed E-state index contributed by atoms with van der Waals surface area (Å²) in [6, 6.07) is 5.68. The van der Waals surface area contributed by atoms with Gasteiger partial charge in [-0.1, -0.05) is 17.3 Å². The first-order valence-corrected chi connectivity index (χ1v) is 12.7. The fourth-order valence-corrected chi connectivity index (χ4v) is 4.48. The van der Waals surface area contributed by atoms with Gasteiger partial charge >= 0.3 is 0 Å². The number of carbonyl (C=O) groups excluding carboxylic acids is 2. The zero-order chi connectivity index (χ0) is 26.6. The molecule has 0 radical (unpaired) electrons. The predicted molar refractivity (Wildman–Crippen MR) is 135 cm³/mol. The van der Waals surface area contributed by atoms with Crippen LogP contribution >= 0.6 is 11.3 Å². The van der Waals surface area contributed by atoms with Crippen LogP contribution in [0.3, 0.4) is 0 Å². The average molecular weight is 540 g/mol. The summed E-state index contributed by atoms with van der Waals surface area (Å²) < 4.78 is 37.8. The first kappa shape index (κ1) is 25.7. The van der Waals surface area contributed by atoms with Crippen molar-refractivity contribution >= 4 is 28.3 Å². The van der Waals surface area contributed by atoms with E-state index in [2.05, 4.69) is 32.3 Å². The number of morpholine rings is 1. The number of rotatable bonds is 6. The van der Waals surface area contributed by atoms with Gasteiger partial charge in [-0.05, 0) is 48.6 Å². The number of nitrogens with one attached hydrogen (secondary N) is 1. The van der Waals surface area contributed by atoms with Gasteiger partial charge in [0.1, 0.15) is 11.4 Å². The van der Waals surface area contributed by atoms with Crippen molar-refractivity contribution in [3.8, 4) is 28.7 Å². The molecule has 9 nitrogen and oxygen atoms in total. The maximum atomic E-state index is 13.5. The molecule has 1 aromatic carbocycles. The highest BCUT2D eigenvalue weighted by atomic mass is 32.1. The van der Waals surface area contributed by atoms with E-state index in [1.54, 1.807) is 4.90 Å². The van der Waals surface area contributed by atoms with Crippen LogP contribution in [0.2, 0.25) is 0 Å². The molecule has 3 heterocycles. The van der Waals surface area contributed by atoms with Gasteiger partial charge in [0, 0.05) is 35.7 Å². The maximum Gasteiger partial charge on any atom is 0.280 e. The second kappa shape index (κ2) is 11.2. The van der Waals surface area contributed by atoms with Crippen molar-refractivity contribution in [2.75, 3.05) is 38.7 Å². The van der Waals surface area contributed by atoms with E-state index in [-0.39, 0.29) is 33.5 Å². The molecule has 2 aromatic heterocycles. The second-order valence-electron chi connectivity index (χ2n) is 8.69. The number of benzene rings is 1. The van der Waals surface area contributed by atoms with E-state index in [1.165, 1.54) is 31.5 Å². The highest BCUT2D eigenvalue weighted by molar-refractivity contribution is 7.15. The van der Waals surface area contributed by atoms with E-state index in [0.29, 0.717) is 42.8 Å². The van der Waals surface area contributed by atoms with Crippen molar-refractivity contribution in [2.45, 2.75) is 19.3 Å². The summed E-state index contributed by atoms with van der Waals surface area (Å²) in [6.07, 6.45) is 0.485. The highest BCUT2D eigenvalue weighted by Crippen LogP contribution is 2.36. The number of hydrogen-bond donors (Lipinski definition) is 1. The molecule has 2 fully saturated rings. The van der Waals surface area contributed by atoms with E-state index in [9.17, 15) is 18.4 Å². The summed E-state index contributed by atoms with van der Waals surface area (Å²) in [5.41, 5.74) is 0.382. The highest BCUT2D eigenvalue weighted by Gasteiger charge is 2.24. The first-order valence-electron chi connectivity index (χ1n) is 11.9. The van der Waals surface area contributed by atoms with Gasteiger partial charge in [-0.15, -0.1) is 10.2 Å². The lowest BCUT2D eigenvalue weighted by Gasteiger charge is -2.27. The van der Waals surface area contributed by atoms with E-state index in [0.717, 1.165) is 30.2 Å². The van der Waals surface area contributed by atoms with Crippen molar-refractivity contribution in [2.24, 2.45) is 5.92 Å². The molecule has 1 saturated heterocycles. The van der Waals surface area contributed by atoms with Gasteiger partial charge in [-0.3, -0.25) is 19.9 Å². The third-order valence-electron chi connectivity index (χ3n) is 6.04. The molecule has 1 N–H and O–H groups in total. The summed E-state index contributed by atoms with van der Waals surface area (Å²) in [4.78, 5) is 31.9. The van der Waals surface area contributed by atoms with Crippen LogP contribution in [0.4, 0.5) is 13.9 Å². The number of halogens is 2. The van der Waals surface area contributed by atoms with Crippen LogP contribution in [0.25, 0.3) is 11.1 Å². The maximum absolute atomic E-state index is 13.5. The van der Waals surface area contributed by atoms with Crippen molar-refractivity contribution in [3.63, 3.8) is 0 Å². The fraction of sp³-hybridized carbons (Fsp3) is 0.346. The molecule has 1 saturated carbocycles. The van der Waals surface area contributed by atoms with Gasteiger partial charge in [-0.2, -0.15) is 0 Å². The monoisotopic (exact) mass is 539 g/mol. The number of amides is 2.